The van der Waals surface area contributed by atoms with Crippen LogP contribution in [-0.4, -0.2) is 50.0 Å². The minimum absolute atomic E-state index is 0.222. The number of aliphatic hydroxyl groups excluding tert-OH is 1. The molecule has 0 saturated heterocycles. The number of rotatable bonds is 6. The standard InChI is InChI=1S/C9H20NO2/c1-9(2)12-8-6-10(3,4)5-7-11/h11H,1,5-8H2,2-4H3/q+1. The van der Waals surface area contributed by atoms with Crippen molar-refractivity contribution in [3.63, 3.8) is 0 Å². The summed E-state index contributed by atoms with van der Waals surface area (Å²) in [6, 6.07) is 0. The molecule has 0 rings (SSSR count). The molecule has 1 N–H and O–H groups in total. The lowest BCUT2D eigenvalue weighted by Crippen LogP contribution is -2.44. The van der Waals surface area contributed by atoms with Crippen molar-refractivity contribution in [2.75, 3.05) is 40.4 Å². The van der Waals surface area contributed by atoms with E-state index in [0.29, 0.717) is 6.61 Å². The first kappa shape index (κ1) is 11.5. The Balaban J connectivity index is 3.53. The lowest BCUT2D eigenvalue weighted by Gasteiger charge is -2.28. The summed E-state index contributed by atoms with van der Waals surface area (Å²) in [5.41, 5.74) is 0. The molecule has 0 fully saturated rings. The fourth-order valence-electron chi connectivity index (χ4n) is 0.850. The van der Waals surface area contributed by atoms with E-state index in [9.17, 15) is 0 Å². The van der Waals surface area contributed by atoms with Gasteiger partial charge >= 0.3 is 0 Å². The van der Waals surface area contributed by atoms with Crippen LogP contribution in [0.5, 0.6) is 0 Å². The summed E-state index contributed by atoms with van der Waals surface area (Å²) >= 11 is 0. The zero-order valence-electron chi connectivity index (χ0n) is 8.34. The largest absolute Gasteiger partial charge is 0.493 e. The van der Waals surface area contributed by atoms with Crippen molar-refractivity contribution < 1.29 is 14.3 Å². The highest BCUT2D eigenvalue weighted by molar-refractivity contribution is 4.72. The molecule has 0 aliphatic rings. The van der Waals surface area contributed by atoms with E-state index in [2.05, 4.69) is 20.7 Å². The average molecular weight is 174 g/mol. The van der Waals surface area contributed by atoms with Gasteiger partial charge in [0.2, 0.25) is 0 Å². The summed E-state index contributed by atoms with van der Waals surface area (Å²) in [5, 5.41) is 8.74. The zero-order chi connectivity index (χ0) is 9.61. The Kier molecular flexibility index (Phi) is 4.93. The van der Waals surface area contributed by atoms with Crippen LogP contribution in [0.4, 0.5) is 0 Å². The molecule has 0 aliphatic carbocycles. The molecule has 0 aliphatic heterocycles. The van der Waals surface area contributed by atoms with Crippen LogP contribution in [0.15, 0.2) is 12.3 Å². The summed E-state index contributed by atoms with van der Waals surface area (Å²) < 4.78 is 6.01. The predicted molar refractivity (Wildman–Crippen MR) is 49.7 cm³/mol. The maximum Gasteiger partial charge on any atom is 0.137 e. The van der Waals surface area contributed by atoms with Crippen LogP contribution in [0, 0.1) is 0 Å². The van der Waals surface area contributed by atoms with Crippen molar-refractivity contribution in [1.82, 2.24) is 0 Å². The molecule has 0 saturated carbocycles. The third kappa shape index (κ3) is 6.19. The van der Waals surface area contributed by atoms with Crippen LogP contribution in [0.3, 0.4) is 0 Å². The van der Waals surface area contributed by atoms with E-state index >= 15 is 0 Å². The molecule has 0 bridgehead atoms. The second kappa shape index (κ2) is 5.17. The quantitative estimate of drug-likeness (QED) is 0.472. The lowest BCUT2D eigenvalue weighted by molar-refractivity contribution is -0.890. The number of allylic oxidation sites excluding steroid dienone is 1. The number of ether oxygens (including phenoxy) is 1. The Bertz CT molecular complexity index is 143. The first-order valence-electron chi connectivity index (χ1n) is 4.19. The smallest absolute Gasteiger partial charge is 0.137 e. The van der Waals surface area contributed by atoms with Crippen molar-refractivity contribution in [3.05, 3.63) is 12.3 Å². The first-order chi connectivity index (χ1) is 5.48. The minimum Gasteiger partial charge on any atom is -0.493 e. The van der Waals surface area contributed by atoms with Gasteiger partial charge in [-0.25, -0.2) is 0 Å². The van der Waals surface area contributed by atoms with Gasteiger partial charge in [0.05, 0.1) is 26.5 Å². The Morgan fingerprint density at radius 3 is 2.42 bits per heavy atom. The third-order valence-corrected chi connectivity index (χ3v) is 1.75. The van der Waals surface area contributed by atoms with E-state index in [1.54, 1.807) is 0 Å². The molecule has 3 heteroatoms. The van der Waals surface area contributed by atoms with E-state index < -0.39 is 0 Å². The zero-order valence-corrected chi connectivity index (χ0v) is 8.34. The maximum atomic E-state index is 8.74. The van der Waals surface area contributed by atoms with Crippen LogP contribution >= 0.6 is 0 Å². The Morgan fingerprint density at radius 1 is 1.42 bits per heavy atom. The number of hydrogen-bond donors (Lipinski definition) is 1. The van der Waals surface area contributed by atoms with E-state index in [1.165, 1.54) is 0 Å². The SMILES string of the molecule is C=C(C)OCC[N+](C)(C)CCO. The number of quaternary nitrogens is 1. The summed E-state index contributed by atoms with van der Waals surface area (Å²) in [6.45, 7) is 8.03. The summed E-state index contributed by atoms with van der Waals surface area (Å²) in [6.07, 6.45) is 0. The highest BCUT2D eigenvalue weighted by Gasteiger charge is 2.13. The van der Waals surface area contributed by atoms with Crippen molar-refractivity contribution in [2.24, 2.45) is 0 Å². The van der Waals surface area contributed by atoms with Crippen LogP contribution in [-0.2, 0) is 4.74 Å². The third-order valence-electron chi connectivity index (χ3n) is 1.75. The van der Waals surface area contributed by atoms with E-state index in [-0.39, 0.29) is 6.61 Å². The van der Waals surface area contributed by atoms with E-state index in [0.717, 1.165) is 23.3 Å². The molecule has 0 radical (unpaired) electrons. The van der Waals surface area contributed by atoms with Crippen LogP contribution in [0.2, 0.25) is 0 Å². The van der Waals surface area contributed by atoms with Crippen molar-refractivity contribution in [1.29, 1.82) is 0 Å². The topological polar surface area (TPSA) is 29.5 Å². The van der Waals surface area contributed by atoms with Gasteiger partial charge < -0.3 is 14.3 Å². The van der Waals surface area contributed by atoms with Gasteiger partial charge in [0.1, 0.15) is 19.7 Å². The second-order valence-electron chi connectivity index (χ2n) is 3.66. The Hall–Kier alpha value is -0.540. The van der Waals surface area contributed by atoms with Crippen molar-refractivity contribution >= 4 is 0 Å². The highest BCUT2D eigenvalue weighted by Crippen LogP contribution is 1.97. The molecule has 0 amide bonds. The first-order valence-corrected chi connectivity index (χ1v) is 4.19. The van der Waals surface area contributed by atoms with Gasteiger partial charge in [-0.2, -0.15) is 0 Å². The summed E-state index contributed by atoms with van der Waals surface area (Å²) in [7, 11) is 4.13. The van der Waals surface area contributed by atoms with Crippen LogP contribution in [0.1, 0.15) is 6.92 Å². The molecular weight excluding hydrogens is 154 g/mol. The van der Waals surface area contributed by atoms with Gasteiger partial charge in [-0.1, -0.05) is 6.58 Å². The molecule has 72 valence electrons. The van der Waals surface area contributed by atoms with Crippen LogP contribution < -0.4 is 0 Å². The van der Waals surface area contributed by atoms with E-state index in [1.807, 2.05) is 6.92 Å². The number of nitrogens with zero attached hydrogens (tertiary/aromatic N) is 1. The molecule has 3 nitrogen and oxygen atoms in total. The molecule has 0 aromatic heterocycles. The van der Waals surface area contributed by atoms with Gasteiger partial charge in [0.15, 0.2) is 0 Å². The van der Waals surface area contributed by atoms with Crippen molar-refractivity contribution in [3.8, 4) is 0 Å². The van der Waals surface area contributed by atoms with E-state index in [4.69, 9.17) is 9.84 Å². The maximum absolute atomic E-state index is 8.74. The van der Waals surface area contributed by atoms with Gasteiger partial charge in [0, 0.05) is 0 Å². The fraction of sp³-hybridized carbons (Fsp3) is 0.778. The molecule has 0 atom stereocenters. The number of likely N-dealkylation sites (N-methyl/N-ethyl adjacent to an activating group) is 1. The van der Waals surface area contributed by atoms with Gasteiger partial charge in [-0.15, -0.1) is 0 Å². The highest BCUT2D eigenvalue weighted by atomic mass is 16.5. The molecule has 0 aromatic carbocycles. The molecule has 12 heavy (non-hydrogen) atoms. The Morgan fingerprint density at radius 2 is 2.00 bits per heavy atom. The minimum atomic E-state index is 0.222. The van der Waals surface area contributed by atoms with Crippen LogP contribution in [0.25, 0.3) is 0 Å². The van der Waals surface area contributed by atoms with Gasteiger partial charge in [-0.3, -0.25) is 0 Å². The van der Waals surface area contributed by atoms with Gasteiger partial charge in [0.25, 0.3) is 0 Å². The molecule has 0 heterocycles. The Labute approximate surface area is 74.8 Å². The molecule has 0 spiro atoms. The summed E-state index contributed by atoms with van der Waals surface area (Å²) in [4.78, 5) is 0. The predicted octanol–water partition coefficient (Wildman–Crippen LogP) is 0.605. The fourth-order valence-corrected chi connectivity index (χ4v) is 0.850. The van der Waals surface area contributed by atoms with Gasteiger partial charge in [-0.05, 0) is 6.92 Å². The monoisotopic (exact) mass is 174 g/mol. The second-order valence-corrected chi connectivity index (χ2v) is 3.66. The number of hydrogen-bond acceptors (Lipinski definition) is 2. The average Bonchev–Trinajstić information content (AvgIpc) is 1.85. The van der Waals surface area contributed by atoms with Crippen molar-refractivity contribution in [2.45, 2.75) is 6.92 Å². The number of aliphatic hydroxyl groups is 1. The normalized spacial score (nSPS) is 11.3. The lowest BCUT2D eigenvalue weighted by atomic mass is 10.4. The molecular formula is C9H20NO2+. The molecule has 0 unspecified atom stereocenters. The summed E-state index contributed by atoms with van der Waals surface area (Å²) in [5.74, 6) is 0.749. The molecule has 0 aromatic rings.